The average Bonchev–Trinajstić information content (AvgIpc) is 2.23. The van der Waals surface area contributed by atoms with Crippen LogP contribution in [-0.2, 0) is 40.5 Å². The maximum Gasteiger partial charge on any atom is 1.00 e. The van der Waals surface area contributed by atoms with E-state index in [-0.39, 0.29) is 59.1 Å². The van der Waals surface area contributed by atoms with Crippen LogP contribution < -0.4 is 59.1 Å². The van der Waals surface area contributed by atoms with E-state index < -0.39 is 76.1 Å². The summed E-state index contributed by atoms with van der Waals surface area (Å²) < 4.78 is 122. The van der Waals surface area contributed by atoms with Crippen molar-refractivity contribution in [2.75, 3.05) is 26.2 Å². The second kappa shape index (κ2) is 10.0. The van der Waals surface area contributed by atoms with Gasteiger partial charge in [-0.1, -0.05) is 0 Å². The van der Waals surface area contributed by atoms with Gasteiger partial charge in [0.1, 0.15) is 20.2 Å². The van der Waals surface area contributed by atoms with Crippen molar-refractivity contribution >= 4 is 40.5 Å². The Kier molecular flexibility index (Phi) is 11.5. The first-order chi connectivity index (χ1) is 10.5. The van der Waals surface area contributed by atoms with Gasteiger partial charge in [-0.2, -0.15) is 16.8 Å². The predicted octanol–water partition coefficient (Wildman–Crippen LogP) is -9.95. The molecule has 14 nitrogen and oxygen atoms in total. The third kappa shape index (κ3) is 8.13. The Hall–Kier alpha value is 1.56. The largest absolute Gasteiger partial charge is 1.00 e. The molecule has 0 unspecified atom stereocenters. The monoisotopic (exact) mass is 478 g/mol. The molecule has 0 radical (unpaired) electrons. The Morgan fingerprint density at radius 3 is 1.04 bits per heavy atom. The van der Waals surface area contributed by atoms with Gasteiger partial charge in [0.2, 0.25) is 0 Å². The summed E-state index contributed by atoms with van der Waals surface area (Å²) in [5.41, 5.74) is 0. The summed E-state index contributed by atoms with van der Waals surface area (Å²) in [6.45, 7) is -2.80. The molecule has 1 saturated heterocycles. The number of piperazine rings is 1. The third-order valence-corrected chi connectivity index (χ3v) is 9.02. The van der Waals surface area contributed by atoms with Crippen LogP contribution in [0.15, 0.2) is 0 Å². The van der Waals surface area contributed by atoms with E-state index in [1.54, 1.807) is 0 Å². The molecule has 0 saturated carbocycles. The molecule has 1 heterocycles. The molecule has 1 aliphatic heterocycles. The quantitative estimate of drug-likeness (QED) is 0.267. The molecule has 0 aromatic rings. The Morgan fingerprint density at radius 2 is 0.846 bits per heavy atom. The van der Waals surface area contributed by atoms with Crippen molar-refractivity contribution < 1.29 is 111 Å². The molecule has 1 aliphatic rings. The molecule has 0 bridgehead atoms. The fraction of sp³-hybridized carbons (Fsp3) is 1.00. The molecule has 0 aliphatic carbocycles. The predicted molar refractivity (Wildman–Crippen MR) is 73.2 cm³/mol. The van der Waals surface area contributed by atoms with Crippen molar-refractivity contribution in [3.63, 3.8) is 0 Å². The standard InChI is InChI=1S/C6H14N2O12S4.2Na/c9-21(10,11)5(22(12,13)14)7-1-2-8(4-3-7)6(23(15,16)17)24(18,19)20;;/h5-6H,1-4H2,(H,9,10,11)(H,12,13,14)(H,15,16,17)(H,18,19,20);;/q;2*+1/p-2. The Bertz CT molecular complexity index is 749. The molecule has 1 rings (SSSR count). The summed E-state index contributed by atoms with van der Waals surface area (Å²) in [7, 11) is -21.8. The number of hydrogen-bond acceptors (Lipinski definition) is 12. The molecule has 0 atom stereocenters. The number of hydrogen-bond donors (Lipinski definition) is 2. The minimum absolute atomic E-state index is 0. The second-order valence-electron chi connectivity index (χ2n) is 4.70. The summed E-state index contributed by atoms with van der Waals surface area (Å²) in [4.78, 5) is 0.902. The van der Waals surface area contributed by atoms with Gasteiger partial charge >= 0.3 is 59.1 Å². The van der Waals surface area contributed by atoms with Crippen molar-refractivity contribution in [2.45, 2.75) is 9.41 Å². The minimum Gasteiger partial charge on any atom is -0.746 e. The molecule has 0 aromatic heterocycles. The van der Waals surface area contributed by atoms with Gasteiger partial charge in [-0.05, 0) is 0 Å². The maximum atomic E-state index is 11.1. The zero-order valence-electron chi connectivity index (χ0n) is 13.5. The first-order valence-corrected chi connectivity index (χ1v) is 11.7. The van der Waals surface area contributed by atoms with Crippen LogP contribution in [0.2, 0.25) is 0 Å². The fourth-order valence-corrected chi connectivity index (χ4v) is 6.91. The van der Waals surface area contributed by atoms with Crippen LogP contribution in [0.4, 0.5) is 0 Å². The van der Waals surface area contributed by atoms with E-state index in [1.807, 2.05) is 0 Å². The second-order valence-corrected chi connectivity index (χ2v) is 11.1. The van der Waals surface area contributed by atoms with E-state index in [4.69, 9.17) is 9.11 Å². The summed E-state index contributed by atoms with van der Waals surface area (Å²) in [5.74, 6) is 0. The van der Waals surface area contributed by atoms with Gasteiger partial charge < -0.3 is 9.11 Å². The van der Waals surface area contributed by atoms with Gasteiger partial charge in [0.15, 0.2) is 4.71 Å². The maximum absolute atomic E-state index is 11.1. The average molecular weight is 478 g/mol. The summed E-state index contributed by atoms with van der Waals surface area (Å²) in [6, 6.07) is 0. The molecule has 26 heavy (non-hydrogen) atoms. The van der Waals surface area contributed by atoms with Gasteiger partial charge in [0.05, 0.1) is 0 Å². The van der Waals surface area contributed by atoms with Gasteiger partial charge in [-0.15, -0.1) is 0 Å². The molecule has 0 aromatic carbocycles. The molecule has 20 heteroatoms. The van der Waals surface area contributed by atoms with Gasteiger partial charge in [-0.3, -0.25) is 18.9 Å². The molecular weight excluding hydrogens is 466 g/mol. The smallest absolute Gasteiger partial charge is 0.746 e. The Balaban J connectivity index is 0. The zero-order valence-corrected chi connectivity index (χ0v) is 20.8. The molecule has 1 fully saturated rings. The van der Waals surface area contributed by atoms with Crippen LogP contribution in [0.25, 0.3) is 0 Å². The molecule has 0 spiro atoms. The van der Waals surface area contributed by atoms with E-state index in [0.717, 1.165) is 0 Å². The minimum atomic E-state index is -5.60. The first-order valence-electron chi connectivity index (χ1n) is 5.76. The van der Waals surface area contributed by atoms with Crippen LogP contribution in [0.5, 0.6) is 0 Å². The molecular formula is C6H12N2Na2O12S4. The Morgan fingerprint density at radius 1 is 0.615 bits per heavy atom. The molecule has 0 amide bonds. The summed E-state index contributed by atoms with van der Waals surface area (Å²) in [5, 5.41) is 0. The van der Waals surface area contributed by atoms with Crippen LogP contribution in [0.3, 0.4) is 0 Å². The van der Waals surface area contributed by atoms with Crippen LogP contribution in [-0.4, -0.2) is 97.3 Å². The van der Waals surface area contributed by atoms with E-state index in [2.05, 4.69) is 0 Å². The SMILES string of the molecule is O=S(=O)([O-])C(N1CCN(C(S(=O)(=O)O)S(=O)(=O)O)CC1)S(=O)(=O)[O-].[Na+].[Na+]. The summed E-state index contributed by atoms with van der Waals surface area (Å²) >= 11 is 0. The molecule has 144 valence electrons. The van der Waals surface area contributed by atoms with E-state index in [0.29, 0.717) is 9.80 Å². The topological polar surface area (TPSA) is 230 Å². The van der Waals surface area contributed by atoms with Crippen LogP contribution in [0, 0.1) is 0 Å². The van der Waals surface area contributed by atoms with Crippen molar-refractivity contribution in [1.82, 2.24) is 9.80 Å². The van der Waals surface area contributed by atoms with E-state index in [1.165, 1.54) is 0 Å². The number of nitrogens with zero attached hydrogens (tertiary/aromatic N) is 2. The van der Waals surface area contributed by atoms with Gasteiger partial charge in [0.25, 0.3) is 24.9 Å². The molecule has 2 N–H and O–H groups in total. The van der Waals surface area contributed by atoms with Gasteiger partial charge in [0, 0.05) is 26.2 Å². The normalized spacial score (nSPS) is 18.4. The Labute approximate surface area is 194 Å². The van der Waals surface area contributed by atoms with Crippen molar-refractivity contribution in [2.24, 2.45) is 0 Å². The summed E-state index contributed by atoms with van der Waals surface area (Å²) in [6.07, 6.45) is 0. The number of rotatable bonds is 6. The van der Waals surface area contributed by atoms with Crippen molar-refractivity contribution in [1.29, 1.82) is 0 Å². The van der Waals surface area contributed by atoms with Crippen LogP contribution in [0.1, 0.15) is 0 Å². The van der Waals surface area contributed by atoms with Crippen molar-refractivity contribution in [3.05, 3.63) is 0 Å². The van der Waals surface area contributed by atoms with E-state index in [9.17, 15) is 42.8 Å². The van der Waals surface area contributed by atoms with Gasteiger partial charge in [-0.25, -0.2) is 16.8 Å². The first kappa shape index (κ1) is 29.8. The zero-order chi connectivity index (χ0) is 19.1. The fourth-order valence-electron chi connectivity index (χ4n) is 2.20. The van der Waals surface area contributed by atoms with Crippen LogP contribution >= 0.6 is 0 Å². The van der Waals surface area contributed by atoms with Crippen molar-refractivity contribution in [3.8, 4) is 0 Å². The van der Waals surface area contributed by atoms with E-state index >= 15 is 0 Å². The third-order valence-electron chi connectivity index (χ3n) is 2.95.